The molecule has 7 rings (SSSR count). The molecule has 0 radical (unpaired) electrons. The van der Waals surface area contributed by atoms with Crippen LogP contribution in [0.15, 0.2) is 95.0 Å². The van der Waals surface area contributed by atoms with E-state index in [4.69, 9.17) is 14.2 Å². The summed E-state index contributed by atoms with van der Waals surface area (Å²) >= 11 is 1.57. The average Bonchev–Trinajstić information content (AvgIpc) is 3.53. The number of anilines is 2. The molecule has 3 aromatic heterocycles. The number of fused-ring (bicyclic) bond motifs is 1. The molecule has 2 fully saturated rings. The van der Waals surface area contributed by atoms with Crippen molar-refractivity contribution in [3.63, 3.8) is 0 Å². The number of ether oxygens (including phenoxy) is 3. The predicted molar refractivity (Wildman–Crippen MR) is 177 cm³/mol. The molecule has 0 saturated carbocycles. The highest BCUT2D eigenvalue weighted by molar-refractivity contribution is 7.99. The second-order valence-corrected chi connectivity index (χ2v) is 12.2. The van der Waals surface area contributed by atoms with Gasteiger partial charge >= 0.3 is 0 Å². The Balaban J connectivity index is 1.02. The molecule has 1 amide bonds. The molecule has 2 aliphatic heterocycles. The Morgan fingerprint density at radius 2 is 1.70 bits per heavy atom. The van der Waals surface area contributed by atoms with Crippen molar-refractivity contribution in [2.75, 3.05) is 76.0 Å². The third-order valence-electron chi connectivity index (χ3n) is 7.92. The van der Waals surface area contributed by atoms with Crippen LogP contribution < -0.4 is 15.0 Å². The van der Waals surface area contributed by atoms with E-state index in [1.807, 2.05) is 77.3 Å². The minimum Gasteiger partial charge on any atom is -0.492 e. The van der Waals surface area contributed by atoms with E-state index in [2.05, 4.69) is 30.3 Å². The molecule has 5 aromatic rings. The van der Waals surface area contributed by atoms with Crippen molar-refractivity contribution in [3.8, 4) is 17.1 Å². The summed E-state index contributed by atoms with van der Waals surface area (Å²) in [6, 6.07) is 23.3. The highest BCUT2D eigenvalue weighted by atomic mass is 32.2. The quantitative estimate of drug-likeness (QED) is 0.231. The largest absolute Gasteiger partial charge is 0.492 e. The minimum absolute atomic E-state index is 0.176. The highest BCUT2D eigenvalue weighted by Crippen LogP contribution is 2.31. The SMILES string of the molecule is O=C(Nc1ccnc(N2CCOCC2)c1)c1cccc(Sc2ccc3nnc(-c4cccc(OCCN5CCOCC5)c4)n3c2)c1. The highest BCUT2D eigenvalue weighted by Gasteiger charge is 2.15. The van der Waals surface area contributed by atoms with Gasteiger partial charge in [0.2, 0.25) is 0 Å². The van der Waals surface area contributed by atoms with Gasteiger partial charge in [0.1, 0.15) is 18.2 Å². The zero-order valence-electron chi connectivity index (χ0n) is 25.4. The van der Waals surface area contributed by atoms with Crippen LogP contribution in [0.3, 0.4) is 0 Å². The fraction of sp³-hybridized carbons (Fsp3) is 0.294. The fourth-order valence-corrected chi connectivity index (χ4v) is 6.37. The summed E-state index contributed by atoms with van der Waals surface area (Å²) in [5, 5.41) is 11.9. The normalized spacial score (nSPS) is 15.6. The maximum absolute atomic E-state index is 13.2. The van der Waals surface area contributed by atoms with Crippen LogP contribution in [0, 0.1) is 0 Å². The lowest BCUT2D eigenvalue weighted by atomic mass is 10.2. The van der Waals surface area contributed by atoms with Gasteiger partial charge in [0.15, 0.2) is 11.5 Å². The predicted octanol–water partition coefficient (Wildman–Crippen LogP) is 4.74. The van der Waals surface area contributed by atoms with E-state index in [0.29, 0.717) is 31.1 Å². The summed E-state index contributed by atoms with van der Waals surface area (Å²) in [5.74, 6) is 2.19. The summed E-state index contributed by atoms with van der Waals surface area (Å²) in [4.78, 5) is 24.1. The van der Waals surface area contributed by atoms with Crippen molar-refractivity contribution in [3.05, 3.63) is 90.8 Å². The van der Waals surface area contributed by atoms with Crippen LogP contribution in [0.5, 0.6) is 5.75 Å². The smallest absolute Gasteiger partial charge is 0.255 e. The molecular weight excluding hydrogens is 602 g/mol. The number of nitrogens with zero attached hydrogens (tertiary/aromatic N) is 6. The Morgan fingerprint density at radius 1 is 0.870 bits per heavy atom. The van der Waals surface area contributed by atoms with Crippen molar-refractivity contribution in [1.29, 1.82) is 0 Å². The van der Waals surface area contributed by atoms with E-state index < -0.39 is 0 Å². The number of hydrogen-bond acceptors (Lipinski definition) is 10. The van der Waals surface area contributed by atoms with Crippen LogP contribution in [-0.2, 0) is 9.47 Å². The standard InChI is InChI=1S/C34H35N7O4S/c42-34(36-27-9-10-35-32(23-27)40-14-18-44-19-15-40)26-4-2-6-29(22-26)46-30-7-8-31-37-38-33(41(31)24-30)25-3-1-5-28(21-25)45-20-13-39-11-16-43-17-12-39/h1-10,21-24H,11-20H2,(H,35,36,42). The summed E-state index contributed by atoms with van der Waals surface area (Å²) < 4.78 is 18.9. The maximum Gasteiger partial charge on any atom is 0.255 e. The molecule has 0 atom stereocenters. The van der Waals surface area contributed by atoms with Gasteiger partial charge in [-0.3, -0.25) is 14.1 Å². The molecule has 0 unspecified atom stereocenters. The zero-order valence-corrected chi connectivity index (χ0v) is 26.2. The number of pyridine rings is 2. The Labute approximate surface area is 271 Å². The lowest BCUT2D eigenvalue weighted by Crippen LogP contribution is -2.38. The molecule has 2 saturated heterocycles. The van der Waals surface area contributed by atoms with E-state index in [0.717, 1.165) is 84.3 Å². The summed E-state index contributed by atoms with van der Waals surface area (Å²) in [6.45, 7) is 7.82. The lowest BCUT2D eigenvalue weighted by Gasteiger charge is -2.28. The minimum atomic E-state index is -0.176. The third-order valence-corrected chi connectivity index (χ3v) is 8.88. The number of nitrogens with one attached hydrogen (secondary N) is 1. The second-order valence-electron chi connectivity index (χ2n) is 11.0. The maximum atomic E-state index is 13.2. The van der Waals surface area contributed by atoms with Gasteiger partial charge in [-0.25, -0.2) is 4.98 Å². The zero-order chi connectivity index (χ0) is 31.1. The second kappa shape index (κ2) is 14.3. The van der Waals surface area contributed by atoms with Crippen LogP contribution in [0.25, 0.3) is 17.0 Å². The molecule has 0 aliphatic carbocycles. The molecule has 0 bridgehead atoms. The van der Waals surface area contributed by atoms with Crippen LogP contribution >= 0.6 is 11.8 Å². The van der Waals surface area contributed by atoms with Crippen molar-refractivity contribution < 1.29 is 19.0 Å². The fourth-order valence-electron chi connectivity index (χ4n) is 5.47. The van der Waals surface area contributed by atoms with Crippen LogP contribution in [0.1, 0.15) is 10.4 Å². The first-order valence-corrected chi connectivity index (χ1v) is 16.3. The van der Waals surface area contributed by atoms with Gasteiger partial charge in [-0.15, -0.1) is 10.2 Å². The van der Waals surface area contributed by atoms with Gasteiger partial charge in [0.05, 0.1) is 26.4 Å². The van der Waals surface area contributed by atoms with Crippen molar-refractivity contribution >= 4 is 34.8 Å². The van der Waals surface area contributed by atoms with Crippen LogP contribution in [0.4, 0.5) is 11.5 Å². The van der Waals surface area contributed by atoms with E-state index in [1.54, 1.807) is 24.0 Å². The Bertz CT molecular complexity index is 1800. The van der Waals surface area contributed by atoms with Gasteiger partial charge in [-0.2, -0.15) is 0 Å². The number of amides is 1. The van der Waals surface area contributed by atoms with Gasteiger partial charge < -0.3 is 24.4 Å². The first-order valence-electron chi connectivity index (χ1n) is 15.4. The lowest BCUT2D eigenvalue weighted by molar-refractivity contribution is 0.0322. The van der Waals surface area contributed by atoms with Crippen molar-refractivity contribution in [2.45, 2.75) is 9.79 Å². The van der Waals surface area contributed by atoms with E-state index in [-0.39, 0.29) is 5.91 Å². The van der Waals surface area contributed by atoms with Gasteiger partial charge in [0, 0.05) is 77.8 Å². The number of rotatable bonds is 10. The topological polar surface area (TPSA) is 106 Å². The Morgan fingerprint density at radius 3 is 2.57 bits per heavy atom. The van der Waals surface area contributed by atoms with Gasteiger partial charge in [-0.05, 0) is 48.5 Å². The molecule has 46 heavy (non-hydrogen) atoms. The number of carbonyl (C=O) groups excluding carboxylic acids is 1. The first-order chi connectivity index (χ1) is 22.7. The molecule has 12 heteroatoms. The molecule has 236 valence electrons. The number of benzene rings is 2. The van der Waals surface area contributed by atoms with E-state index in [9.17, 15) is 4.79 Å². The van der Waals surface area contributed by atoms with Crippen molar-refractivity contribution in [2.24, 2.45) is 0 Å². The first kappa shape index (κ1) is 30.2. The van der Waals surface area contributed by atoms with Crippen LogP contribution in [-0.4, -0.2) is 96.1 Å². The van der Waals surface area contributed by atoms with Gasteiger partial charge in [0.25, 0.3) is 5.91 Å². The molecule has 5 heterocycles. The Kier molecular flexibility index (Phi) is 9.38. The molecule has 2 aliphatic rings. The monoisotopic (exact) mass is 637 g/mol. The third kappa shape index (κ3) is 7.31. The average molecular weight is 638 g/mol. The molecule has 1 N–H and O–H groups in total. The number of aromatic nitrogens is 4. The molecule has 2 aromatic carbocycles. The summed E-state index contributed by atoms with van der Waals surface area (Å²) in [7, 11) is 0. The summed E-state index contributed by atoms with van der Waals surface area (Å²) in [6.07, 6.45) is 3.75. The molecule has 0 spiro atoms. The number of morpholine rings is 2. The molecule has 11 nitrogen and oxygen atoms in total. The van der Waals surface area contributed by atoms with E-state index >= 15 is 0 Å². The molecular formula is C34H35N7O4S. The van der Waals surface area contributed by atoms with Crippen molar-refractivity contribution in [1.82, 2.24) is 24.5 Å². The van der Waals surface area contributed by atoms with Gasteiger partial charge in [-0.1, -0.05) is 30.0 Å². The number of hydrogen-bond donors (Lipinski definition) is 1. The summed E-state index contributed by atoms with van der Waals surface area (Å²) in [5.41, 5.74) is 2.95. The number of carbonyl (C=O) groups is 1. The van der Waals surface area contributed by atoms with Crippen LogP contribution in [0.2, 0.25) is 0 Å². The Hall–Kier alpha value is -4.49. The van der Waals surface area contributed by atoms with E-state index in [1.165, 1.54) is 0 Å².